The molecule has 0 atom stereocenters. The molecule has 1 saturated carbocycles. The Morgan fingerprint density at radius 2 is 1.91 bits per heavy atom. The van der Waals surface area contributed by atoms with Gasteiger partial charge in [-0.05, 0) is 37.1 Å². The maximum absolute atomic E-state index is 13.0. The number of carbonyl (C=O) groups excluding carboxylic acids is 1. The normalized spacial score (nSPS) is 15.7. The molecule has 0 aliphatic heterocycles. The molecule has 0 unspecified atom stereocenters. The number of nitrogens with zero attached hydrogens (tertiary/aromatic N) is 3. The fourth-order valence-electron chi connectivity index (χ4n) is 3.00. The van der Waals surface area contributed by atoms with E-state index >= 15 is 0 Å². The summed E-state index contributed by atoms with van der Waals surface area (Å²) in [6, 6.07) is 6.37. The van der Waals surface area contributed by atoms with Gasteiger partial charge < -0.3 is 4.90 Å². The van der Waals surface area contributed by atoms with Gasteiger partial charge in [0, 0.05) is 24.8 Å². The third-order valence-corrected chi connectivity index (χ3v) is 4.37. The molecule has 0 saturated heterocycles. The highest BCUT2D eigenvalue weighted by Gasteiger charge is 2.23. The molecule has 1 aliphatic carbocycles. The minimum atomic E-state index is -0.281. The van der Waals surface area contributed by atoms with Crippen LogP contribution in [-0.2, 0) is 0 Å². The monoisotopic (exact) mass is 301 g/mol. The first-order valence-corrected chi connectivity index (χ1v) is 7.72. The fourth-order valence-corrected chi connectivity index (χ4v) is 3.00. The first-order valence-electron chi connectivity index (χ1n) is 7.72. The molecule has 1 aromatic carbocycles. The molecule has 116 valence electrons. The summed E-state index contributed by atoms with van der Waals surface area (Å²) in [7, 11) is 1.86. The lowest BCUT2D eigenvalue weighted by atomic mass is 9.95. The highest BCUT2D eigenvalue weighted by molar-refractivity contribution is 5.78. The van der Waals surface area contributed by atoms with Gasteiger partial charge in [-0.1, -0.05) is 19.3 Å². The molecule has 0 bridgehead atoms. The van der Waals surface area contributed by atoms with Gasteiger partial charge in [0.1, 0.15) is 12.1 Å². The van der Waals surface area contributed by atoms with E-state index in [1.807, 2.05) is 11.9 Å². The van der Waals surface area contributed by atoms with Crippen LogP contribution in [0.4, 0.5) is 9.18 Å². The zero-order chi connectivity index (χ0) is 15.5. The third-order valence-electron chi connectivity index (χ3n) is 4.37. The maximum atomic E-state index is 13.0. The fraction of sp³-hybridized carbons (Fsp3) is 0.412. The van der Waals surface area contributed by atoms with Crippen LogP contribution in [-0.4, -0.2) is 33.6 Å². The van der Waals surface area contributed by atoms with E-state index in [9.17, 15) is 9.18 Å². The van der Waals surface area contributed by atoms with Gasteiger partial charge >= 0.3 is 6.03 Å². The van der Waals surface area contributed by atoms with Gasteiger partial charge in [-0.25, -0.2) is 14.2 Å². The van der Waals surface area contributed by atoms with E-state index in [4.69, 9.17) is 0 Å². The Labute approximate surface area is 129 Å². The molecule has 0 radical (unpaired) electrons. The number of imidazole rings is 1. The molecule has 1 amide bonds. The molecule has 3 rings (SSSR count). The van der Waals surface area contributed by atoms with E-state index in [1.165, 1.54) is 42.3 Å². The van der Waals surface area contributed by atoms with Crippen molar-refractivity contribution in [3.63, 3.8) is 0 Å². The third kappa shape index (κ3) is 3.03. The Balaban J connectivity index is 1.75. The average molecular weight is 301 g/mol. The Morgan fingerprint density at radius 1 is 1.23 bits per heavy atom. The summed E-state index contributed by atoms with van der Waals surface area (Å²) < 4.78 is 14.5. The van der Waals surface area contributed by atoms with Gasteiger partial charge in [0.15, 0.2) is 0 Å². The Morgan fingerprint density at radius 3 is 2.59 bits per heavy atom. The van der Waals surface area contributed by atoms with E-state index in [0.717, 1.165) is 18.4 Å². The number of carbonyl (C=O) groups is 1. The van der Waals surface area contributed by atoms with Gasteiger partial charge in [-0.15, -0.1) is 0 Å². The van der Waals surface area contributed by atoms with Crippen LogP contribution in [0.1, 0.15) is 32.1 Å². The van der Waals surface area contributed by atoms with Crippen LogP contribution in [0.15, 0.2) is 36.8 Å². The van der Waals surface area contributed by atoms with E-state index in [2.05, 4.69) is 4.98 Å². The number of amides is 1. The molecular formula is C17H20FN3O. The molecule has 1 aromatic heterocycles. The lowest BCUT2D eigenvalue weighted by molar-refractivity contribution is 0.175. The summed E-state index contributed by atoms with van der Waals surface area (Å²) in [5.41, 5.74) is 1.47. The van der Waals surface area contributed by atoms with Gasteiger partial charge in [0.2, 0.25) is 0 Å². The second-order valence-electron chi connectivity index (χ2n) is 5.86. The number of halogens is 1. The van der Waals surface area contributed by atoms with Crippen molar-refractivity contribution in [2.24, 2.45) is 0 Å². The Bertz CT molecular complexity index is 644. The molecule has 0 spiro atoms. The predicted molar refractivity (Wildman–Crippen MR) is 83.1 cm³/mol. The lowest BCUT2D eigenvalue weighted by Gasteiger charge is -2.31. The highest BCUT2D eigenvalue weighted by Crippen LogP contribution is 2.23. The quantitative estimate of drug-likeness (QED) is 0.843. The molecule has 22 heavy (non-hydrogen) atoms. The van der Waals surface area contributed by atoms with Gasteiger partial charge in [0.05, 0.1) is 5.69 Å². The molecular weight excluding hydrogens is 281 g/mol. The van der Waals surface area contributed by atoms with Crippen molar-refractivity contribution < 1.29 is 9.18 Å². The van der Waals surface area contributed by atoms with Crippen molar-refractivity contribution in [3.8, 4) is 11.3 Å². The predicted octanol–water partition coefficient (Wildman–Crippen LogP) is 3.92. The van der Waals surface area contributed by atoms with E-state index in [0.29, 0.717) is 11.7 Å². The summed E-state index contributed by atoms with van der Waals surface area (Å²) in [6.07, 6.45) is 9.01. The lowest BCUT2D eigenvalue weighted by Crippen LogP contribution is -2.40. The standard InChI is InChI=1S/C17H20FN3O/c1-20(15-5-3-2-4-6-15)17(22)21-11-16(19-12-21)13-7-9-14(18)10-8-13/h7-12,15H,2-6H2,1H3. The first kappa shape index (κ1) is 14.8. The van der Waals surface area contributed by atoms with Crippen molar-refractivity contribution in [2.75, 3.05) is 7.05 Å². The van der Waals surface area contributed by atoms with Crippen molar-refractivity contribution >= 4 is 6.03 Å². The number of hydrogen-bond acceptors (Lipinski definition) is 2. The SMILES string of the molecule is CN(C(=O)n1cnc(-c2ccc(F)cc2)c1)C1CCCCC1. The van der Waals surface area contributed by atoms with Crippen molar-refractivity contribution in [3.05, 3.63) is 42.6 Å². The molecule has 1 fully saturated rings. The minimum Gasteiger partial charge on any atom is -0.324 e. The topological polar surface area (TPSA) is 38.1 Å². The van der Waals surface area contributed by atoms with Crippen molar-refractivity contribution in [1.82, 2.24) is 14.5 Å². The maximum Gasteiger partial charge on any atom is 0.329 e. The smallest absolute Gasteiger partial charge is 0.324 e. The largest absolute Gasteiger partial charge is 0.329 e. The summed E-state index contributed by atoms with van der Waals surface area (Å²) in [5, 5.41) is 0. The molecule has 5 heteroatoms. The van der Waals surface area contributed by atoms with Crippen LogP contribution in [0.2, 0.25) is 0 Å². The van der Waals surface area contributed by atoms with Crippen LogP contribution in [0.5, 0.6) is 0 Å². The van der Waals surface area contributed by atoms with E-state index in [-0.39, 0.29) is 11.8 Å². The Hall–Kier alpha value is -2.17. The van der Waals surface area contributed by atoms with Crippen LogP contribution in [0.25, 0.3) is 11.3 Å². The summed E-state index contributed by atoms with van der Waals surface area (Å²) in [5.74, 6) is -0.281. The zero-order valence-electron chi connectivity index (χ0n) is 12.7. The number of hydrogen-bond donors (Lipinski definition) is 0. The van der Waals surface area contributed by atoms with Crippen LogP contribution >= 0.6 is 0 Å². The molecule has 1 aliphatic rings. The minimum absolute atomic E-state index is 0.0623. The molecule has 4 nitrogen and oxygen atoms in total. The van der Waals surface area contributed by atoms with Crippen molar-refractivity contribution in [1.29, 1.82) is 0 Å². The number of aromatic nitrogens is 2. The van der Waals surface area contributed by atoms with Crippen LogP contribution in [0, 0.1) is 5.82 Å². The molecule has 0 N–H and O–H groups in total. The molecule has 1 heterocycles. The van der Waals surface area contributed by atoms with Crippen LogP contribution in [0.3, 0.4) is 0 Å². The van der Waals surface area contributed by atoms with E-state index in [1.54, 1.807) is 18.3 Å². The summed E-state index contributed by atoms with van der Waals surface area (Å²) in [6.45, 7) is 0. The zero-order valence-corrected chi connectivity index (χ0v) is 12.7. The van der Waals surface area contributed by atoms with E-state index < -0.39 is 0 Å². The Kier molecular flexibility index (Phi) is 4.22. The van der Waals surface area contributed by atoms with Crippen molar-refractivity contribution in [2.45, 2.75) is 38.1 Å². The van der Waals surface area contributed by atoms with Gasteiger partial charge in [-0.2, -0.15) is 0 Å². The number of benzene rings is 1. The average Bonchev–Trinajstić information content (AvgIpc) is 3.05. The van der Waals surface area contributed by atoms with Gasteiger partial charge in [-0.3, -0.25) is 4.57 Å². The number of rotatable bonds is 2. The summed E-state index contributed by atoms with van der Waals surface area (Å²) >= 11 is 0. The second-order valence-corrected chi connectivity index (χ2v) is 5.86. The first-order chi connectivity index (χ1) is 10.6. The van der Waals surface area contributed by atoms with Crippen LogP contribution < -0.4 is 0 Å². The molecule has 2 aromatic rings. The summed E-state index contributed by atoms with van der Waals surface area (Å²) in [4.78, 5) is 18.6. The second kappa shape index (κ2) is 6.30. The highest BCUT2D eigenvalue weighted by atomic mass is 19.1. The van der Waals surface area contributed by atoms with Gasteiger partial charge in [0.25, 0.3) is 0 Å².